The normalized spacial score (nSPS) is 14.8. The topological polar surface area (TPSA) is 88.4 Å². The molecule has 0 unspecified atom stereocenters. The standard InChI is InChI=1S/C17H18F3N5O2/c1-25-13-5-2-10(17(18,19)20)8-12(13)22-14(25)9-21-15(26)6-3-11-4-7-16(27)24-23-11/h2,5,8H,3-4,6-7,9H2,1H3,(H,21,26)(H,24,27). The number of hydrogen-bond acceptors (Lipinski definition) is 4. The van der Waals surface area contributed by atoms with Crippen LogP contribution in [-0.2, 0) is 29.4 Å². The fraction of sp³-hybridized carbons (Fsp3) is 0.412. The summed E-state index contributed by atoms with van der Waals surface area (Å²) in [7, 11) is 1.68. The summed E-state index contributed by atoms with van der Waals surface area (Å²) in [5.74, 6) is 0.0938. The molecule has 0 spiro atoms. The van der Waals surface area contributed by atoms with Gasteiger partial charge in [0.1, 0.15) is 5.82 Å². The van der Waals surface area contributed by atoms with Gasteiger partial charge in [0.05, 0.1) is 23.1 Å². The Bertz CT molecular complexity index is 917. The van der Waals surface area contributed by atoms with Gasteiger partial charge in [0, 0.05) is 25.6 Å². The molecule has 144 valence electrons. The zero-order valence-electron chi connectivity index (χ0n) is 14.6. The summed E-state index contributed by atoms with van der Waals surface area (Å²) in [5.41, 5.74) is 3.15. The van der Waals surface area contributed by atoms with Crippen molar-refractivity contribution in [2.75, 3.05) is 0 Å². The molecule has 0 fully saturated rings. The highest BCUT2D eigenvalue weighted by molar-refractivity contribution is 5.94. The number of carbonyl (C=O) groups is 2. The van der Waals surface area contributed by atoms with Crippen molar-refractivity contribution in [2.24, 2.45) is 12.1 Å². The second kappa shape index (κ2) is 7.37. The third-order valence-corrected chi connectivity index (χ3v) is 4.36. The highest BCUT2D eigenvalue weighted by Crippen LogP contribution is 2.31. The predicted molar refractivity (Wildman–Crippen MR) is 91.6 cm³/mol. The van der Waals surface area contributed by atoms with Crippen LogP contribution < -0.4 is 10.7 Å². The first kappa shape index (κ1) is 18.9. The Morgan fingerprint density at radius 2 is 2.11 bits per heavy atom. The molecule has 0 saturated carbocycles. The van der Waals surface area contributed by atoms with E-state index in [2.05, 4.69) is 20.8 Å². The molecule has 10 heteroatoms. The van der Waals surface area contributed by atoms with E-state index in [1.165, 1.54) is 6.07 Å². The average molecular weight is 381 g/mol. The molecule has 0 saturated heterocycles. The first-order valence-electron chi connectivity index (χ1n) is 8.37. The fourth-order valence-electron chi connectivity index (χ4n) is 2.80. The molecule has 2 amide bonds. The summed E-state index contributed by atoms with van der Waals surface area (Å²) in [6.07, 6.45) is -2.90. The number of hydrazone groups is 1. The minimum Gasteiger partial charge on any atom is -0.349 e. The van der Waals surface area contributed by atoms with Crippen molar-refractivity contribution in [3.63, 3.8) is 0 Å². The largest absolute Gasteiger partial charge is 0.416 e. The summed E-state index contributed by atoms with van der Waals surface area (Å²) in [4.78, 5) is 27.2. The number of alkyl halides is 3. The molecule has 2 aromatic rings. The fourth-order valence-corrected chi connectivity index (χ4v) is 2.80. The number of nitrogens with one attached hydrogen (secondary N) is 2. The van der Waals surface area contributed by atoms with E-state index < -0.39 is 11.7 Å². The van der Waals surface area contributed by atoms with Crippen LogP contribution >= 0.6 is 0 Å². The number of aromatic nitrogens is 2. The maximum Gasteiger partial charge on any atom is 0.416 e. The van der Waals surface area contributed by atoms with Crippen molar-refractivity contribution < 1.29 is 22.8 Å². The van der Waals surface area contributed by atoms with Gasteiger partial charge in [0.2, 0.25) is 11.8 Å². The van der Waals surface area contributed by atoms with Crippen molar-refractivity contribution in [3.05, 3.63) is 29.6 Å². The summed E-state index contributed by atoms with van der Waals surface area (Å²) in [5, 5.41) is 6.61. The first-order valence-corrected chi connectivity index (χ1v) is 8.37. The smallest absolute Gasteiger partial charge is 0.349 e. The number of rotatable bonds is 5. The molecular weight excluding hydrogens is 363 g/mol. The Morgan fingerprint density at radius 1 is 1.33 bits per heavy atom. The lowest BCUT2D eigenvalue weighted by molar-refractivity contribution is -0.137. The molecule has 1 aromatic carbocycles. The molecule has 0 radical (unpaired) electrons. The number of halogens is 3. The van der Waals surface area contributed by atoms with Gasteiger partial charge in [0.15, 0.2) is 0 Å². The Labute approximate surface area is 152 Å². The SMILES string of the molecule is Cn1c(CNC(=O)CCC2=NNC(=O)CC2)nc2cc(C(F)(F)F)ccc21. The number of nitrogens with zero attached hydrogens (tertiary/aromatic N) is 3. The molecule has 0 bridgehead atoms. The van der Waals surface area contributed by atoms with Crippen molar-refractivity contribution in [1.29, 1.82) is 0 Å². The quantitative estimate of drug-likeness (QED) is 0.833. The van der Waals surface area contributed by atoms with Crippen molar-refractivity contribution in [1.82, 2.24) is 20.3 Å². The molecule has 0 aliphatic carbocycles. The molecule has 3 rings (SSSR count). The predicted octanol–water partition coefficient (Wildman–Crippen LogP) is 2.25. The Morgan fingerprint density at radius 3 is 2.78 bits per heavy atom. The summed E-state index contributed by atoms with van der Waals surface area (Å²) in [6, 6.07) is 3.37. The van der Waals surface area contributed by atoms with Crippen molar-refractivity contribution in [2.45, 2.75) is 38.4 Å². The molecular formula is C17H18F3N5O2. The third-order valence-electron chi connectivity index (χ3n) is 4.36. The van der Waals surface area contributed by atoms with Crippen LogP contribution in [0.3, 0.4) is 0 Å². The Kier molecular flexibility index (Phi) is 5.15. The molecule has 2 heterocycles. The van der Waals surface area contributed by atoms with Crippen LogP contribution in [0.1, 0.15) is 37.1 Å². The van der Waals surface area contributed by atoms with E-state index in [0.717, 1.165) is 17.8 Å². The zero-order chi connectivity index (χ0) is 19.6. The van der Waals surface area contributed by atoms with Gasteiger partial charge in [-0.05, 0) is 31.0 Å². The molecule has 0 atom stereocenters. The van der Waals surface area contributed by atoms with E-state index in [1.54, 1.807) is 11.6 Å². The third kappa shape index (κ3) is 4.44. The minimum atomic E-state index is -4.43. The van der Waals surface area contributed by atoms with Gasteiger partial charge in [-0.3, -0.25) is 9.59 Å². The lowest BCUT2D eigenvalue weighted by Crippen LogP contribution is -2.28. The van der Waals surface area contributed by atoms with Crippen LogP contribution in [-0.4, -0.2) is 27.1 Å². The van der Waals surface area contributed by atoms with Gasteiger partial charge >= 0.3 is 6.18 Å². The zero-order valence-corrected chi connectivity index (χ0v) is 14.6. The molecule has 1 aliphatic rings. The van der Waals surface area contributed by atoms with Crippen LogP contribution in [0.4, 0.5) is 13.2 Å². The molecule has 7 nitrogen and oxygen atoms in total. The Balaban J connectivity index is 1.60. The van der Waals surface area contributed by atoms with E-state index in [4.69, 9.17) is 0 Å². The van der Waals surface area contributed by atoms with Crippen LogP contribution in [0.2, 0.25) is 0 Å². The molecule has 1 aliphatic heterocycles. The van der Waals surface area contributed by atoms with Crippen LogP contribution in [0.15, 0.2) is 23.3 Å². The number of carbonyl (C=O) groups excluding carboxylic acids is 2. The highest BCUT2D eigenvalue weighted by Gasteiger charge is 2.31. The van der Waals surface area contributed by atoms with Crippen molar-refractivity contribution >= 4 is 28.6 Å². The van der Waals surface area contributed by atoms with Crippen LogP contribution in [0, 0.1) is 0 Å². The number of benzene rings is 1. The number of aryl methyl sites for hydroxylation is 1. The van der Waals surface area contributed by atoms with Crippen LogP contribution in [0.5, 0.6) is 0 Å². The molecule has 1 aromatic heterocycles. The van der Waals surface area contributed by atoms with Gasteiger partial charge in [-0.2, -0.15) is 18.3 Å². The maximum absolute atomic E-state index is 12.8. The Hall–Kier alpha value is -2.91. The number of imidazole rings is 1. The van der Waals surface area contributed by atoms with E-state index in [1.807, 2.05) is 0 Å². The van der Waals surface area contributed by atoms with Crippen molar-refractivity contribution in [3.8, 4) is 0 Å². The maximum atomic E-state index is 12.8. The first-order chi connectivity index (χ1) is 12.7. The van der Waals surface area contributed by atoms with Gasteiger partial charge < -0.3 is 9.88 Å². The van der Waals surface area contributed by atoms with E-state index in [-0.39, 0.29) is 30.3 Å². The molecule has 2 N–H and O–H groups in total. The molecule has 27 heavy (non-hydrogen) atoms. The number of amides is 2. The van der Waals surface area contributed by atoms with Gasteiger partial charge in [-0.1, -0.05) is 0 Å². The second-order valence-corrected chi connectivity index (χ2v) is 6.28. The lowest BCUT2D eigenvalue weighted by Gasteiger charge is -2.11. The van der Waals surface area contributed by atoms with E-state index >= 15 is 0 Å². The van der Waals surface area contributed by atoms with E-state index in [0.29, 0.717) is 30.6 Å². The van der Waals surface area contributed by atoms with Gasteiger partial charge in [0.25, 0.3) is 0 Å². The average Bonchev–Trinajstić information content (AvgIpc) is 2.94. The summed E-state index contributed by atoms with van der Waals surface area (Å²) >= 11 is 0. The van der Waals surface area contributed by atoms with Crippen LogP contribution in [0.25, 0.3) is 11.0 Å². The minimum absolute atomic E-state index is 0.106. The summed E-state index contributed by atoms with van der Waals surface area (Å²) < 4.78 is 40.1. The summed E-state index contributed by atoms with van der Waals surface area (Å²) in [6.45, 7) is 0.106. The van der Waals surface area contributed by atoms with Gasteiger partial charge in [-0.25, -0.2) is 10.4 Å². The highest BCUT2D eigenvalue weighted by atomic mass is 19.4. The number of hydrogen-bond donors (Lipinski definition) is 2. The van der Waals surface area contributed by atoms with E-state index in [9.17, 15) is 22.8 Å². The second-order valence-electron chi connectivity index (χ2n) is 6.28. The lowest BCUT2D eigenvalue weighted by atomic mass is 10.1. The monoisotopic (exact) mass is 381 g/mol. The van der Waals surface area contributed by atoms with Gasteiger partial charge in [-0.15, -0.1) is 0 Å². The number of fused-ring (bicyclic) bond motifs is 1.